The number of hydrogen-bond acceptors (Lipinski definition) is 2. The van der Waals surface area contributed by atoms with Crippen molar-refractivity contribution in [3.05, 3.63) is 27.5 Å². The Morgan fingerprint density at radius 2 is 2.42 bits per heavy atom. The molecule has 1 aliphatic rings. The number of hydrogen-bond donors (Lipinski definition) is 0. The van der Waals surface area contributed by atoms with E-state index in [1.165, 1.54) is 16.0 Å². The van der Waals surface area contributed by atoms with E-state index in [0.29, 0.717) is 6.42 Å². The van der Waals surface area contributed by atoms with Gasteiger partial charge in [-0.25, -0.2) is 0 Å². The molecule has 1 aromatic heterocycles. The molecule has 1 aliphatic carbocycles. The van der Waals surface area contributed by atoms with Crippen LogP contribution in [0.3, 0.4) is 0 Å². The van der Waals surface area contributed by atoms with Crippen LogP contribution in [0.15, 0.2) is 17.0 Å². The zero-order chi connectivity index (χ0) is 8.39. The molecule has 0 saturated carbocycles. The Morgan fingerprint density at radius 1 is 1.50 bits per heavy atom. The Labute approximate surface area is 75.7 Å². The maximum Gasteiger partial charge on any atom is 0.124 e. The van der Waals surface area contributed by atoms with E-state index in [4.69, 9.17) is 0 Å². The van der Waals surface area contributed by atoms with Crippen molar-refractivity contribution in [1.82, 2.24) is 0 Å². The van der Waals surface area contributed by atoms with Gasteiger partial charge in [0.05, 0.1) is 0 Å². The second kappa shape index (κ2) is 3.23. The highest BCUT2D eigenvalue weighted by molar-refractivity contribution is 7.11. The van der Waals surface area contributed by atoms with Crippen molar-refractivity contribution in [2.45, 2.75) is 19.3 Å². The lowest BCUT2D eigenvalue weighted by atomic mass is 9.97. The van der Waals surface area contributed by atoms with Crippen LogP contribution >= 0.6 is 11.3 Å². The van der Waals surface area contributed by atoms with Crippen molar-refractivity contribution in [1.29, 1.82) is 0 Å². The van der Waals surface area contributed by atoms with E-state index in [0.717, 1.165) is 19.1 Å². The number of thiophene rings is 1. The molecule has 0 aliphatic heterocycles. The third-order valence-electron chi connectivity index (χ3n) is 2.18. The summed E-state index contributed by atoms with van der Waals surface area (Å²) in [5.41, 5.74) is 2.72. The molecular weight excluding hydrogens is 168 g/mol. The molecule has 2 rings (SSSR count). The van der Waals surface area contributed by atoms with Gasteiger partial charge < -0.3 is 4.79 Å². The van der Waals surface area contributed by atoms with E-state index < -0.39 is 0 Å². The predicted octanol–water partition coefficient (Wildman–Crippen LogP) is 2.67. The van der Waals surface area contributed by atoms with Gasteiger partial charge in [-0.15, -0.1) is 11.3 Å². The van der Waals surface area contributed by atoms with Crippen LogP contribution in [-0.2, 0) is 11.2 Å². The van der Waals surface area contributed by atoms with Gasteiger partial charge in [0.15, 0.2) is 0 Å². The fourth-order valence-electron chi connectivity index (χ4n) is 1.50. The summed E-state index contributed by atoms with van der Waals surface area (Å²) >= 11 is 1.76. The molecule has 0 unspecified atom stereocenters. The third kappa shape index (κ3) is 1.34. The lowest BCUT2D eigenvalue weighted by molar-refractivity contribution is -0.107. The Balaban J connectivity index is 2.28. The van der Waals surface area contributed by atoms with Crippen molar-refractivity contribution in [3.8, 4) is 0 Å². The molecule has 1 nitrogen and oxygen atoms in total. The predicted molar refractivity (Wildman–Crippen MR) is 51.3 cm³/mol. The van der Waals surface area contributed by atoms with Gasteiger partial charge in [-0.3, -0.25) is 0 Å². The van der Waals surface area contributed by atoms with Crippen molar-refractivity contribution in [2.75, 3.05) is 0 Å². The highest BCUT2D eigenvalue weighted by Crippen LogP contribution is 2.28. The van der Waals surface area contributed by atoms with Crippen LogP contribution in [0.2, 0.25) is 0 Å². The summed E-state index contributed by atoms with van der Waals surface area (Å²) in [6.07, 6.45) is 5.93. The van der Waals surface area contributed by atoms with Crippen LogP contribution in [0.25, 0.3) is 6.08 Å². The number of aldehydes is 1. The average molecular weight is 178 g/mol. The first-order valence-corrected chi connectivity index (χ1v) is 4.97. The molecule has 12 heavy (non-hydrogen) atoms. The van der Waals surface area contributed by atoms with Gasteiger partial charge >= 0.3 is 0 Å². The molecule has 0 radical (unpaired) electrons. The molecule has 0 atom stereocenters. The number of fused-ring (bicyclic) bond motifs is 1. The van der Waals surface area contributed by atoms with Crippen LogP contribution in [-0.4, -0.2) is 6.29 Å². The first-order chi connectivity index (χ1) is 5.90. The fourth-order valence-corrected chi connectivity index (χ4v) is 2.44. The van der Waals surface area contributed by atoms with E-state index in [1.807, 2.05) is 0 Å². The minimum absolute atomic E-state index is 0.608. The highest BCUT2D eigenvalue weighted by atomic mass is 32.1. The quantitative estimate of drug-likeness (QED) is 0.636. The van der Waals surface area contributed by atoms with Gasteiger partial charge in [-0.2, -0.15) is 0 Å². The molecule has 0 saturated heterocycles. The first-order valence-electron chi connectivity index (χ1n) is 4.09. The fraction of sp³-hybridized carbons (Fsp3) is 0.300. The smallest absolute Gasteiger partial charge is 0.124 e. The SMILES string of the molecule is O=CCC1=Cc2sccc2CC1. The molecule has 1 heterocycles. The molecule has 0 fully saturated rings. The molecule has 1 aromatic rings. The zero-order valence-electron chi connectivity index (χ0n) is 6.75. The molecule has 0 aromatic carbocycles. The van der Waals surface area contributed by atoms with Gasteiger partial charge in [0, 0.05) is 11.3 Å². The molecule has 0 bridgehead atoms. The van der Waals surface area contributed by atoms with Crippen molar-refractivity contribution >= 4 is 23.7 Å². The van der Waals surface area contributed by atoms with Crippen LogP contribution < -0.4 is 0 Å². The summed E-state index contributed by atoms with van der Waals surface area (Å²) < 4.78 is 0. The van der Waals surface area contributed by atoms with Crippen molar-refractivity contribution < 1.29 is 4.79 Å². The minimum Gasteiger partial charge on any atom is -0.303 e. The summed E-state index contributed by atoms with van der Waals surface area (Å²) in [5, 5.41) is 2.12. The van der Waals surface area contributed by atoms with Gasteiger partial charge in [0.1, 0.15) is 6.29 Å². The number of carbonyl (C=O) groups excluding carboxylic acids is 1. The number of allylic oxidation sites excluding steroid dienone is 1. The minimum atomic E-state index is 0.608. The standard InChI is InChI=1S/C10H10OS/c11-5-3-8-1-2-9-4-6-12-10(9)7-8/h4-7H,1-3H2. The van der Waals surface area contributed by atoms with E-state index in [1.54, 1.807) is 11.3 Å². The maximum atomic E-state index is 10.3. The summed E-state index contributed by atoms with van der Waals surface area (Å²) in [4.78, 5) is 11.6. The second-order valence-electron chi connectivity index (χ2n) is 2.98. The second-order valence-corrected chi connectivity index (χ2v) is 3.93. The number of rotatable bonds is 2. The first kappa shape index (κ1) is 7.74. The van der Waals surface area contributed by atoms with Gasteiger partial charge in [-0.1, -0.05) is 5.57 Å². The average Bonchev–Trinajstić information content (AvgIpc) is 2.51. The summed E-state index contributed by atoms with van der Waals surface area (Å²) in [7, 11) is 0. The van der Waals surface area contributed by atoms with Gasteiger partial charge in [0.2, 0.25) is 0 Å². The molecule has 0 amide bonds. The lowest BCUT2D eigenvalue weighted by Gasteiger charge is -2.10. The summed E-state index contributed by atoms with van der Waals surface area (Å²) in [6, 6.07) is 2.17. The highest BCUT2D eigenvalue weighted by Gasteiger charge is 2.10. The van der Waals surface area contributed by atoms with E-state index >= 15 is 0 Å². The normalized spacial score (nSPS) is 15.2. The monoisotopic (exact) mass is 178 g/mol. The molecule has 0 N–H and O–H groups in total. The summed E-state index contributed by atoms with van der Waals surface area (Å²) in [6.45, 7) is 0. The number of carbonyl (C=O) groups is 1. The van der Waals surface area contributed by atoms with E-state index in [2.05, 4.69) is 17.5 Å². The Kier molecular flexibility index (Phi) is 2.09. The van der Waals surface area contributed by atoms with E-state index in [-0.39, 0.29) is 0 Å². The van der Waals surface area contributed by atoms with Crippen LogP contribution in [0.5, 0.6) is 0 Å². The van der Waals surface area contributed by atoms with Crippen molar-refractivity contribution in [3.63, 3.8) is 0 Å². The van der Waals surface area contributed by atoms with E-state index in [9.17, 15) is 4.79 Å². The number of aryl methyl sites for hydroxylation is 1. The largest absolute Gasteiger partial charge is 0.303 e. The molecular formula is C10H10OS. The lowest BCUT2D eigenvalue weighted by Crippen LogP contribution is -1.96. The Bertz CT molecular complexity index is 322. The molecule has 62 valence electrons. The van der Waals surface area contributed by atoms with Gasteiger partial charge in [-0.05, 0) is 35.9 Å². The third-order valence-corrected chi connectivity index (χ3v) is 3.08. The molecule has 2 heteroatoms. The maximum absolute atomic E-state index is 10.3. The topological polar surface area (TPSA) is 17.1 Å². The van der Waals surface area contributed by atoms with Crippen molar-refractivity contribution in [2.24, 2.45) is 0 Å². The molecule has 0 spiro atoms. The van der Waals surface area contributed by atoms with Gasteiger partial charge in [0.25, 0.3) is 0 Å². The Hall–Kier alpha value is -0.890. The summed E-state index contributed by atoms with van der Waals surface area (Å²) in [5.74, 6) is 0. The van der Waals surface area contributed by atoms with Crippen LogP contribution in [0.1, 0.15) is 23.3 Å². The van der Waals surface area contributed by atoms with Crippen LogP contribution in [0.4, 0.5) is 0 Å². The Morgan fingerprint density at radius 3 is 3.25 bits per heavy atom. The van der Waals surface area contributed by atoms with Crippen LogP contribution in [0, 0.1) is 0 Å². The zero-order valence-corrected chi connectivity index (χ0v) is 7.56.